The summed E-state index contributed by atoms with van der Waals surface area (Å²) in [6.07, 6.45) is 0.290. The summed E-state index contributed by atoms with van der Waals surface area (Å²) < 4.78 is 10.7. The molecule has 0 aliphatic carbocycles. The number of rotatable bonds is 7. The molecule has 0 saturated carbocycles. The molecule has 23 heavy (non-hydrogen) atoms. The van der Waals surface area contributed by atoms with Crippen LogP contribution in [0.3, 0.4) is 0 Å². The van der Waals surface area contributed by atoms with Crippen molar-refractivity contribution in [2.45, 2.75) is 6.42 Å². The number of hydrogen-bond acceptors (Lipinski definition) is 3. The fourth-order valence-electron chi connectivity index (χ4n) is 2.04. The van der Waals surface area contributed by atoms with Gasteiger partial charge in [-0.25, -0.2) is 0 Å². The summed E-state index contributed by atoms with van der Waals surface area (Å²) in [4.78, 5) is 13.8. The van der Waals surface area contributed by atoms with Crippen molar-refractivity contribution in [1.29, 1.82) is 0 Å². The van der Waals surface area contributed by atoms with Crippen LogP contribution >= 0.6 is 11.6 Å². The standard InChI is InChI=1S/C18H20ClNO3/c1-20(18(21)13-14-5-3-4-6-17(14)19)11-12-23-16-9-7-15(22-2)8-10-16/h3-10H,11-13H2,1-2H3. The highest BCUT2D eigenvalue weighted by Crippen LogP contribution is 2.17. The highest BCUT2D eigenvalue weighted by Gasteiger charge is 2.11. The van der Waals surface area contributed by atoms with E-state index < -0.39 is 0 Å². The third-order valence-corrected chi connectivity index (χ3v) is 3.85. The lowest BCUT2D eigenvalue weighted by molar-refractivity contribution is -0.129. The Bertz CT molecular complexity index is 643. The van der Waals surface area contributed by atoms with Gasteiger partial charge in [0.25, 0.3) is 0 Å². The number of carbonyl (C=O) groups excluding carboxylic acids is 1. The maximum Gasteiger partial charge on any atom is 0.226 e. The molecule has 0 aliphatic heterocycles. The maximum absolute atomic E-state index is 12.2. The molecule has 0 radical (unpaired) electrons. The first-order valence-corrected chi connectivity index (χ1v) is 7.72. The van der Waals surface area contributed by atoms with Crippen molar-refractivity contribution < 1.29 is 14.3 Å². The van der Waals surface area contributed by atoms with Crippen LogP contribution in [0.1, 0.15) is 5.56 Å². The molecule has 0 bridgehead atoms. The van der Waals surface area contributed by atoms with Crippen molar-refractivity contribution in [2.75, 3.05) is 27.3 Å². The largest absolute Gasteiger partial charge is 0.497 e. The minimum absolute atomic E-state index is 0.0106. The van der Waals surface area contributed by atoms with E-state index in [1.165, 1.54) is 0 Å². The second-order valence-electron chi connectivity index (χ2n) is 5.11. The summed E-state index contributed by atoms with van der Waals surface area (Å²) in [5.41, 5.74) is 0.835. The Kier molecular flexibility index (Phi) is 6.29. The van der Waals surface area contributed by atoms with E-state index >= 15 is 0 Å². The zero-order valence-electron chi connectivity index (χ0n) is 13.3. The molecule has 0 aliphatic rings. The summed E-state index contributed by atoms with van der Waals surface area (Å²) in [6.45, 7) is 0.937. The predicted octanol–water partition coefficient (Wildman–Crippen LogP) is 3.43. The Morgan fingerprint density at radius 3 is 2.39 bits per heavy atom. The predicted molar refractivity (Wildman–Crippen MR) is 91.3 cm³/mol. The summed E-state index contributed by atoms with van der Waals surface area (Å²) in [5.74, 6) is 1.54. The fourth-order valence-corrected chi connectivity index (χ4v) is 2.24. The van der Waals surface area contributed by atoms with Crippen LogP contribution < -0.4 is 9.47 Å². The first-order valence-electron chi connectivity index (χ1n) is 7.34. The lowest BCUT2D eigenvalue weighted by Crippen LogP contribution is -2.32. The number of ether oxygens (including phenoxy) is 2. The molecule has 0 heterocycles. The first kappa shape index (κ1) is 17.2. The molecular weight excluding hydrogens is 314 g/mol. The summed E-state index contributed by atoms with van der Waals surface area (Å²) in [5, 5.41) is 0.615. The molecule has 0 fully saturated rings. The molecule has 2 rings (SSSR count). The van der Waals surface area contributed by atoms with Crippen LogP contribution in [-0.2, 0) is 11.2 Å². The number of amides is 1. The quantitative estimate of drug-likeness (QED) is 0.779. The molecule has 122 valence electrons. The molecule has 2 aromatic carbocycles. The van der Waals surface area contributed by atoms with Crippen molar-refractivity contribution in [3.63, 3.8) is 0 Å². The van der Waals surface area contributed by atoms with Gasteiger partial charge in [0, 0.05) is 12.1 Å². The third kappa shape index (κ3) is 5.18. The van der Waals surface area contributed by atoms with Crippen LogP contribution in [0.15, 0.2) is 48.5 Å². The summed E-state index contributed by atoms with van der Waals surface area (Å²) >= 11 is 6.08. The number of carbonyl (C=O) groups is 1. The first-order chi connectivity index (χ1) is 11.1. The number of likely N-dealkylation sites (N-methyl/N-ethyl adjacent to an activating group) is 1. The van der Waals surface area contributed by atoms with Crippen LogP contribution in [0.2, 0.25) is 5.02 Å². The van der Waals surface area contributed by atoms with Gasteiger partial charge in [0.2, 0.25) is 5.91 Å². The minimum atomic E-state index is 0.0106. The topological polar surface area (TPSA) is 38.8 Å². The van der Waals surface area contributed by atoms with Gasteiger partial charge in [-0.1, -0.05) is 29.8 Å². The molecular formula is C18H20ClNO3. The Labute approximate surface area is 141 Å². The molecule has 2 aromatic rings. The molecule has 0 saturated heterocycles. The van der Waals surface area contributed by atoms with E-state index in [0.717, 1.165) is 17.1 Å². The average Bonchev–Trinajstić information content (AvgIpc) is 2.57. The SMILES string of the molecule is COc1ccc(OCCN(C)C(=O)Cc2ccccc2Cl)cc1. The smallest absolute Gasteiger partial charge is 0.226 e. The van der Waals surface area contributed by atoms with Gasteiger partial charge < -0.3 is 14.4 Å². The lowest BCUT2D eigenvalue weighted by Gasteiger charge is -2.18. The third-order valence-electron chi connectivity index (χ3n) is 3.48. The minimum Gasteiger partial charge on any atom is -0.497 e. The number of nitrogens with zero attached hydrogens (tertiary/aromatic N) is 1. The Morgan fingerprint density at radius 1 is 1.09 bits per heavy atom. The zero-order chi connectivity index (χ0) is 16.7. The van der Waals surface area contributed by atoms with E-state index in [4.69, 9.17) is 21.1 Å². The summed E-state index contributed by atoms with van der Waals surface area (Å²) in [6, 6.07) is 14.7. The highest BCUT2D eigenvalue weighted by atomic mass is 35.5. The van der Waals surface area contributed by atoms with E-state index in [1.54, 1.807) is 25.1 Å². The molecule has 0 spiro atoms. The van der Waals surface area contributed by atoms with Gasteiger partial charge in [0.05, 0.1) is 20.1 Å². The molecule has 1 amide bonds. The second kappa shape index (κ2) is 8.44. The number of benzene rings is 2. The van der Waals surface area contributed by atoms with Gasteiger partial charge in [-0.15, -0.1) is 0 Å². The van der Waals surface area contributed by atoms with Gasteiger partial charge in [0.15, 0.2) is 0 Å². The van der Waals surface area contributed by atoms with Crippen molar-refractivity contribution in [2.24, 2.45) is 0 Å². The van der Waals surface area contributed by atoms with Crippen LogP contribution in [0.4, 0.5) is 0 Å². The molecule has 5 heteroatoms. The van der Waals surface area contributed by atoms with Crippen molar-refractivity contribution in [3.05, 3.63) is 59.1 Å². The Hall–Kier alpha value is -2.20. The van der Waals surface area contributed by atoms with E-state index in [2.05, 4.69) is 0 Å². The molecule has 4 nitrogen and oxygen atoms in total. The van der Waals surface area contributed by atoms with E-state index in [1.807, 2.05) is 42.5 Å². The fraction of sp³-hybridized carbons (Fsp3) is 0.278. The van der Waals surface area contributed by atoms with Crippen LogP contribution in [0.25, 0.3) is 0 Å². The van der Waals surface area contributed by atoms with Crippen molar-refractivity contribution in [1.82, 2.24) is 4.90 Å². The van der Waals surface area contributed by atoms with Crippen LogP contribution in [-0.4, -0.2) is 38.1 Å². The Morgan fingerprint density at radius 2 is 1.74 bits per heavy atom. The number of hydrogen-bond donors (Lipinski definition) is 0. The monoisotopic (exact) mass is 333 g/mol. The van der Waals surface area contributed by atoms with Crippen molar-refractivity contribution in [3.8, 4) is 11.5 Å². The second-order valence-corrected chi connectivity index (χ2v) is 5.51. The summed E-state index contributed by atoms with van der Waals surface area (Å²) in [7, 11) is 3.38. The van der Waals surface area contributed by atoms with Gasteiger partial charge in [-0.05, 0) is 35.9 Å². The molecule has 0 unspecified atom stereocenters. The van der Waals surface area contributed by atoms with Gasteiger partial charge in [0.1, 0.15) is 18.1 Å². The molecule has 0 atom stereocenters. The Balaban J connectivity index is 1.78. The molecule has 0 aromatic heterocycles. The molecule has 0 N–H and O–H groups in total. The average molecular weight is 334 g/mol. The zero-order valence-corrected chi connectivity index (χ0v) is 14.0. The highest BCUT2D eigenvalue weighted by molar-refractivity contribution is 6.31. The van der Waals surface area contributed by atoms with Gasteiger partial charge in [-0.3, -0.25) is 4.79 Å². The van der Waals surface area contributed by atoms with Crippen molar-refractivity contribution >= 4 is 17.5 Å². The van der Waals surface area contributed by atoms with Crippen LogP contribution in [0.5, 0.6) is 11.5 Å². The van der Waals surface area contributed by atoms with Gasteiger partial charge in [-0.2, -0.15) is 0 Å². The van der Waals surface area contributed by atoms with Crippen LogP contribution in [0, 0.1) is 0 Å². The maximum atomic E-state index is 12.2. The van der Waals surface area contributed by atoms with E-state index in [-0.39, 0.29) is 5.91 Å². The lowest BCUT2D eigenvalue weighted by atomic mass is 10.1. The number of methoxy groups -OCH3 is 1. The van der Waals surface area contributed by atoms with E-state index in [0.29, 0.717) is 24.6 Å². The van der Waals surface area contributed by atoms with E-state index in [9.17, 15) is 4.79 Å². The normalized spacial score (nSPS) is 10.2. The number of halogens is 1. The van der Waals surface area contributed by atoms with Gasteiger partial charge >= 0.3 is 0 Å².